The van der Waals surface area contributed by atoms with E-state index in [2.05, 4.69) is 15.5 Å². The van der Waals surface area contributed by atoms with Crippen LogP contribution in [-0.4, -0.2) is 63.3 Å². The lowest BCUT2D eigenvalue weighted by Crippen LogP contribution is -2.14. The van der Waals surface area contributed by atoms with E-state index in [-0.39, 0.29) is 29.1 Å². The van der Waals surface area contributed by atoms with Gasteiger partial charge in [0.25, 0.3) is 0 Å². The fourth-order valence-electron chi connectivity index (χ4n) is 4.11. The Morgan fingerprint density at radius 2 is 2.00 bits per heavy atom. The van der Waals surface area contributed by atoms with Crippen molar-refractivity contribution < 1.29 is 17.9 Å². The third kappa shape index (κ3) is 4.73. The number of rotatable bonds is 8. The first-order valence-electron chi connectivity index (χ1n) is 10.2. The zero-order valence-electron chi connectivity index (χ0n) is 18.2. The van der Waals surface area contributed by atoms with Gasteiger partial charge in [-0.1, -0.05) is 23.9 Å². The molecule has 0 spiro atoms. The summed E-state index contributed by atoms with van der Waals surface area (Å²) in [5.74, 6) is 1.26. The van der Waals surface area contributed by atoms with Crippen LogP contribution in [-0.2, 0) is 16.4 Å². The summed E-state index contributed by atoms with van der Waals surface area (Å²) >= 11 is 1.29. The van der Waals surface area contributed by atoms with Crippen molar-refractivity contribution in [3.63, 3.8) is 0 Å². The number of tetrazole rings is 1. The van der Waals surface area contributed by atoms with Crippen LogP contribution < -0.4 is 4.74 Å². The average molecular weight is 476 g/mol. The number of methoxy groups -OCH3 is 1. The van der Waals surface area contributed by atoms with E-state index in [0.29, 0.717) is 23.7 Å². The molecule has 0 aliphatic carbocycles. The van der Waals surface area contributed by atoms with Gasteiger partial charge in [-0.15, -0.1) is 5.10 Å². The first kappa shape index (κ1) is 22.5. The summed E-state index contributed by atoms with van der Waals surface area (Å²) in [4.78, 5) is 13.0. The molecule has 1 atom stereocenters. The van der Waals surface area contributed by atoms with Crippen LogP contribution in [0, 0.1) is 13.8 Å². The highest BCUT2D eigenvalue weighted by Crippen LogP contribution is 2.30. The second kappa shape index (κ2) is 9.07. The van der Waals surface area contributed by atoms with Crippen LogP contribution in [0.5, 0.6) is 5.75 Å². The Hall–Kier alpha value is -2.66. The number of carbonyl (C=O) groups excluding carboxylic acids is 1. The molecule has 11 heteroatoms. The largest absolute Gasteiger partial charge is 0.497 e. The standard InChI is InChI=1S/C21H25N5O4S2/c1-14-10-19(15(2)26(14)17-8-9-32(28,29)13-17)20(27)12-31-21-22-23-24-25(21)11-16-4-6-18(30-3)7-5-16/h4-7,10,17H,8-9,11-13H2,1-3H3/t17-/m1/s1. The SMILES string of the molecule is COc1ccc(Cn2nnnc2SCC(=O)c2cc(C)n([C@@H]3CCS(=O)(=O)C3)c2C)cc1. The molecule has 1 aliphatic heterocycles. The van der Waals surface area contributed by atoms with Crippen molar-refractivity contribution in [2.75, 3.05) is 24.4 Å². The lowest BCUT2D eigenvalue weighted by molar-refractivity contribution is 0.102. The molecule has 0 amide bonds. The molecule has 0 saturated carbocycles. The van der Waals surface area contributed by atoms with Crippen LogP contribution in [0.1, 0.15) is 39.8 Å². The first-order valence-corrected chi connectivity index (χ1v) is 13.0. The molecule has 32 heavy (non-hydrogen) atoms. The zero-order valence-corrected chi connectivity index (χ0v) is 19.8. The maximum Gasteiger partial charge on any atom is 0.210 e. The fourth-order valence-corrected chi connectivity index (χ4v) is 6.57. The third-order valence-corrected chi connectivity index (χ3v) is 8.39. The molecule has 1 saturated heterocycles. The minimum absolute atomic E-state index is 0.0331. The van der Waals surface area contributed by atoms with Crippen molar-refractivity contribution in [2.24, 2.45) is 0 Å². The maximum atomic E-state index is 13.0. The number of ether oxygens (including phenoxy) is 1. The first-order chi connectivity index (χ1) is 15.3. The number of Topliss-reactive ketones (excluding diaryl/α,β-unsaturated/α-hetero) is 1. The Morgan fingerprint density at radius 3 is 2.66 bits per heavy atom. The Kier molecular flexibility index (Phi) is 6.38. The molecule has 170 valence electrons. The van der Waals surface area contributed by atoms with Gasteiger partial charge < -0.3 is 9.30 Å². The quantitative estimate of drug-likeness (QED) is 0.361. The molecule has 4 rings (SSSR count). The average Bonchev–Trinajstić information content (AvgIpc) is 3.44. The number of nitrogens with zero attached hydrogens (tertiary/aromatic N) is 5. The number of ketones is 1. The molecule has 1 aliphatic rings. The third-order valence-electron chi connectivity index (χ3n) is 5.68. The van der Waals surface area contributed by atoms with Gasteiger partial charge in [0.2, 0.25) is 5.16 Å². The lowest BCUT2D eigenvalue weighted by atomic mass is 10.2. The maximum absolute atomic E-state index is 13.0. The summed E-state index contributed by atoms with van der Waals surface area (Å²) < 4.78 is 32.6. The van der Waals surface area contributed by atoms with Gasteiger partial charge in [0, 0.05) is 23.0 Å². The van der Waals surface area contributed by atoms with Crippen molar-refractivity contribution in [1.29, 1.82) is 0 Å². The molecule has 1 fully saturated rings. The number of thioether (sulfide) groups is 1. The van der Waals surface area contributed by atoms with Crippen molar-refractivity contribution in [3.05, 3.63) is 52.8 Å². The van der Waals surface area contributed by atoms with Gasteiger partial charge in [0.15, 0.2) is 15.6 Å². The van der Waals surface area contributed by atoms with E-state index in [1.807, 2.05) is 48.7 Å². The summed E-state index contributed by atoms with van der Waals surface area (Å²) in [6.07, 6.45) is 0.585. The van der Waals surface area contributed by atoms with Crippen LogP contribution in [0.2, 0.25) is 0 Å². The molecule has 0 N–H and O–H groups in total. The molecule has 3 heterocycles. The number of sulfone groups is 1. The normalized spacial score (nSPS) is 17.5. The van der Waals surface area contributed by atoms with E-state index in [4.69, 9.17) is 4.74 Å². The Morgan fingerprint density at radius 1 is 1.25 bits per heavy atom. The molecular formula is C21H25N5O4S2. The smallest absolute Gasteiger partial charge is 0.210 e. The van der Waals surface area contributed by atoms with Crippen LogP contribution >= 0.6 is 11.8 Å². The van der Waals surface area contributed by atoms with E-state index in [9.17, 15) is 13.2 Å². The van der Waals surface area contributed by atoms with Crippen LogP contribution in [0.4, 0.5) is 0 Å². The predicted octanol–water partition coefficient (Wildman–Crippen LogP) is 2.48. The summed E-state index contributed by atoms with van der Waals surface area (Å²) in [5, 5.41) is 12.4. The minimum atomic E-state index is -3.00. The molecule has 0 unspecified atom stereocenters. The number of benzene rings is 1. The van der Waals surface area contributed by atoms with E-state index in [1.54, 1.807) is 11.8 Å². The number of hydrogen-bond donors (Lipinski definition) is 0. The van der Waals surface area contributed by atoms with Gasteiger partial charge >= 0.3 is 0 Å². The van der Waals surface area contributed by atoms with Crippen molar-refractivity contribution in [3.8, 4) is 5.75 Å². The van der Waals surface area contributed by atoms with Gasteiger partial charge in [-0.05, 0) is 54.5 Å². The summed E-state index contributed by atoms with van der Waals surface area (Å²) in [6, 6.07) is 9.38. The number of aryl methyl sites for hydroxylation is 1. The topological polar surface area (TPSA) is 109 Å². The summed E-state index contributed by atoms with van der Waals surface area (Å²) in [5.41, 5.74) is 3.35. The van der Waals surface area contributed by atoms with Crippen molar-refractivity contribution in [1.82, 2.24) is 24.8 Å². The van der Waals surface area contributed by atoms with E-state index >= 15 is 0 Å². The van der Waals surface area contributed by atoms with Gasteiger partial charge in [-0.2, -0.15) is 0 Å². The summed E-state index contributed by atoms with van der Waals surface area (Å²) in [7, 11) is -1.38. The van der Waals surface area contributed by atoms with E-state index in [0.717, 1.165) is 22.7 Å². The molecule has 0 bridgehead atoms. The van der Waals surface area contributed by atoms with Crippen LogP contribution in [0.15, 0.2) is 35.5 Å². The van der Waals surface area contributed by atoms with Gasteiger partial charge in [-0.3, -0.25) is 4.79 Å². The molecule has 9 nitrogen and oxygen atoms in total. The van der Waals surface area contributed by atoms with E-state index < -0.39 is 9.84 Å². The Bertz CT molecular complexity index is 1230. The van der Waals surface area contributed by atoms with Crippen molar-refractivity contribution >= 4 is 27.4 Å². The molecule has 0 radical (unpaired) electrons. The minimum Gasteiger partial charge on any atom is -0.497 e. The number of hydrogen-bond acceptors (Lipinski definition) is 8. The number of aromatic nitrogens is 5. The molecule has 1 aromatic carbocycles. The Balaban J connectivity index is 1.44. The predicted molar refractivity (Wildman–Crippen MR) is 121 cm³/mol. The highest BCUT2D eigenvalue weighted by molar-refractivity contribution is 7.99. The second-order valence-electron chi connectivity index (χ2n) is 7.89. The fraction of sp³-hybridized carbons (Fsp3) is 0.429. The molecule has 3 aromatic rings. The monoisotopic (exact) mass is 475 g/mol. The van der Waals surface area contributed by atoms with Crippen LogP contribution in [0.25, 0.3) is 0 Å². The Labute approximate surface area is 191 Å². The highest BCUT2D eigenvalue weighted by atomic mass is 32.2. The van der Waals surface area contributed by atoms with Gasteiger partial charge in [-0.25, -0.2) is 13.1 Å². The number of carbonyl (C=O) groups is 1. The lowest BCUT2D eigenvalue weighted by Gasteiger charge is -2.16. The van der Waals surface area contributed by atoms with Crippen molar-refractivity contribution in [2.45, 2.75) is 38.0 Å². The highest BCUT2D eigenvalue weighted by Gasteiger charge is 2.31. The molecular weight excluding hydrogens is 450 g/mol. The second-order valence-corrected chi connectivity index (χ2v) is 11.1. The van der Waals surface area contributed by atoms with Gasteiger partial charge in [0.1, 0.15) is 5.75 Å². The van der Waals surface area contributed by atoms with Gasteiger partial charge in [0.05, 0.1) is 30.9 Å². The van der Waals surface area contributed by atoms with Crippen LogP contribution in [0.3, 0.4) is 0 Å². The molecule has 2 aromatic heterocycles. The zero-order chi connectivity index (χ0) is 22.9. The summed E-state index contributed by atoms with van der Waals surface area (Å²) in [6.45, 7) is 4.28. The van der Waals surface area contributed by atoms with E-state index in [1.165, 1.54) is 11.8 Å².